The molecule has 2 atom stereocenters. The van der Waals surface area contributed by atoms with Crippen LogP contribution in [-0.4, -0.2) is 66.5 Å². The minimum Gasteiger partial charge on any atom is -0.465 e. The van der Waals surface area contributed by atoms with E-state index in [4.69, 9.17) is 4.74 Å². The molecule has 0 aromatic heterocycles. The maximum absolute atomic E-state index is 11.9. The number of carbonyl (C=O) groups excluding carboxylic acids is 3. The summed E-state index contributed by atoms with van der Waals surface area (Å²) < 4.78 is 9.10. The summed E-state index contributed by atoms with van der Waals surface area (Å²) in [6.07, 6.45) is -1.17. The molecule has 9 heteroatoms. The van der Waals surface area contributed by atoms with Gasteiger partial charge in [-0.15, -0.1) is 11.8 Å². The number of hydrazine groups is 1. The van der Waals surface area contributed by atoms with Gasteiger partial charge in [0.2, 0.25) is 0 Å². The molecular formula is C10H18N2O6S. The van der Waals surface area contributed by atoms with Crippen molar-refractivity contribution in [2.45, 2.75) is 18.3 Å². The molecule has 0 aromatic rings. The number of thioether (sulfide) groups is 1. The first kappa shape index (κ1) is 17.7. The topological polar surface area (TPSA) is 105 Å². The number of aliphatic hydroxyl groups excluding tert-OH is 1. The third kappa shape index (κ3) is 4.69. The predicted molar refractivity (Wildman–Crippen MR) is 68.3 cm³/mol. The first-order valence-electron chi connectivity index (χ1n) is 5.41. The minimum absolute atomic E-state index is 0.129. The van der Waals surface area contributed by atoms with Crippen LogP contribution in [0.4, 0.5) is 4.79 Å². The van der Waals surface area contributed by atoms with Crippen molar-refractivity contribution >= 4 is 29.7 Å². The minimum atomic E-state index is -1.72. The van der Waals surface area contributed by atoms with Crippen LogP contribution in [0.5, 0.6) is 0 Å². The maximum Gasteiger partial charge on any atom is 0.431 e. The van der Waals surface area contributed by atoms with Gasteiger partial charge in [0, 0.05) is 7.05 Å². The molecule has 0 aliphatic carbocycles. The molecular weight excluding hydrogens is 276 g/mol. The standard InChI is InChI=1S/C10H18N2O6S/c1-5-18-9(15)7(19-4)6(13)8(14)12(11-2)10(16)17-3/h6-7,11,13H,5H2,1-4H3. The fourth-order valence-corrected chi connectivity index (χ4v) is 1.86. The van der Waals surface area contributed by atoms with Crippen molar-refractivity contribution in [3.05, 3.63) is 0 Å². The van der Waals surface area contributed by atoms with E-state index < -0.39 is 29.3 Å². The van der Waals surface area contributed by atoms with Crippen molar-refractivity contribution in [3.63, 3.8) is 0 Å². The highest BCUT2D eigenvalue weighted by atomic mass is 32.2. The lowest BCUT2D eigenvalue weighted by Gasteiger charge is -2.24. The Hall–Kier alpha value is -1.32. The number of rotatable bonds is 6. The first-order chi connectivity index (χ1) is 8.94. The van der Waals surface area contributed by atoms with Crippen LogP contribution in [0.3, 0.4) is 0 Å². The molecule has 0 rings (SSSR count). The lowest BCUT2D eigenvalue weighted by Crippen LogP contribution is -2.53. The number of hydrogen-bond donors (Lipinski definition) is 2. The van der Waals surface area contributed by atoms with Crippen LogP contribution in [0.15, 0.2) is 0 Å². The smallest absolute Gasteiger partial charge is 0.431 e. The Balaban J connectivity index is 4.93. The lowest BCUT2D eigenvalue weighted by atomic mass is 10.2. The van der Waals surface area contributed by atoms with Crippen molar-refractivity contribution in [1.82, 2.24) is 10.4 Å². The molecule has 0 fully saturated rings. The zero-order chi connectivity index (χ0) is 15.0. The van der Waals surface area contributed by atoms with E-state index >= 15 is 0 Å². The van der Waals surface area contributed by atoms with Crippen LogP contribution >= 0.6 is 11.8 Å². The van der Waals surface area contributed by atoms with Crippen LogP contribution in [0.1, 0.15) is 6.92 Å². The summed E-state index contributed by atoms with van der Waals surface area (Å²) in [6, 6.07) is 0. The molecule has 110 valence electrons. The predicted octanol–water partition coefficient (Wildman–Crippen LogP) is -0.629. The number of esters is 1. The fraction of sp³-hybridized carbons (Fsp3) is 0.700. The number of nitrogens with one attached hydrogen (secondary N) is 1. The van der Waals surface area contributed by atoms with Gasteiger partial charge in [-0.05, 0) is 13.2 Å². The molecule has 0 aliphatic heterocycles. The van der Waals surface area contributed by atoms with E-state index in [-0.39, 0.29) is 6.61 Å². The number of aliphatic hydroxyl groups is 1. The average molecular weight is 294 g/mol. The van der Waals surface area contributed by atoms with E-state index in [1.54, 1.807) is 13.2 Å². The quantitative estimate of drug-likeness (QED) is 0.493. The maximum atomic E-state index is 11.9. The van der Waals surface area contributed by atoms with Crippen molar-refractivity contribution in [2.24, 2.45) is 0 Å². The van der Waals surface area contributed by atoms with E-state index in [0.717, 1.165) is 18.9 Å². The summed E-state index contributed by atoms with van der Waals surface area (Å²) in [7, 11) is 2.39. The van der Waals surface area contributed by atoms with Gasteiger partial charge in [-0.1, -0.05) is 0 Å². The largest absolute Gasteiger partial charge is 0.465 e. The molecule has 19 heavy (non-hydrogen) atoms. The molecule has 2 N–H and O–H groups in total. The average Bonchev–Trinajstić information content (AvgIpc) is 2.40. The van der Waals surface area contributed by atoms with Crippen LogP contribution < -0.4 is 5.43 Å². The Labute approximate surface area is 115 Å². The second kappa shape index (κ2) is 8.73. The van der Waals surface area contributed by atoms with E-state index in [1.807, 2.05) is 0 Å². The lowest BCUT2D eigenvalue weighted by molar-refractivity contribution is -0.151. The van der Waals surface area contributed by atoms with Crippen molar-refractivity contribution in [2.75, 3.05) is 27.0 Å². The van der Waals surface area contributed by atoms with Gasteiger partial charge in [0.05, 0.1) is 13.7 Å². The van der Waals surface area contributed by atoms with Gasteiger partial charge in [0.1, 0.15) is 5.25 Å². The normalized spacial score (nSPS) is 13.3. The molecule has 0 radical (unpaired) electrons. The number of carbonyl (C=O) groups is 3. The summed E-state index contributed by atoms with van der Waals surface area (Å²) in [4.78, 5) is 34.7. The number of hydrogen-bond acceptors (Lipinski definition) is 8. The SMILES string of the molecule is CCOC(=O)C(SC)C(O)C(=O)N(NC)C(=O)OC. The van der Waals surface area contributed by atoms with Crippen LogP contribution in [0.2, 0.25) is 0 Å². The Morgan fingerprint density at radius 1 is 1.42 bits per heavy atom. The van der Waals surface area contributed by atoms with Crippen LogP contribution in [0.25, 0.3) is 0 Å². The molecule has 2 unspecified atom stereocenters. The summed E-state index contributed by atoms with van der Waals surface area (Å²) in [5.74, 6) is -1.72. The third-order valence-corrected chi connectivity index (χ3v) is 3.07. The fourth-order valence-electron chi connectivity index (χ4n) is 1.22. The van der Waals surface area contributed by atoms with Crippen molar-refractivity contribution < 1.29 is 29.0 Å². The van der Waals surface area contributed by atoms with Crippen molar-refractivity contribution in [3.8, 4) is 0 Å². The van der Waals surface area contributed by atoms with Gasteiger partial charge in [-0.2, -0.15) is 5.01 Å². The second-order valence-corrected chi connectivity index (χ2v) is 4.20. The molecule has 0 aliphatic rings. The molecule has 0 saturated carbocycles. The molecule has 0 heterocycles. The highest BCUT2D eigenvalue weighted by molar-refractivity contribution is 8.00. The number of amides is 2. The zero-order valence-electron chi connectivity index (χ0n) is 11.2. The monoisotopic (exact) mass is 294 g/mol. The van der Waals surface area contributed by atoms with Crippen LogP contribution in [0, 0.1) is 0 Å². The van der Waals surface area contributed by atoms with E-state index in [0.29, 0.717) is 5.01 Å². The van der Waals surface area contributed by atoms with E-state index in [9.17, 15) is 19.5 Å². The summed E-state index contributed by atoms with van der Waals surface area (Å²) in [5, 5.41) is 9.22. The first-order valence-corrected chi connectivity index (χ1v) is 6.70. The molecule has 2 amide bonds. The molecule has 0 bridgehead atoms. The van der Waals surface area contributed by atoms with Gasteiger partial charge in [0.25, 0.3) is 5.91 Å². The van der Waals surface area contributed by atoms with Gasteiger partial charge >= 0.3 is 12.1 Å². The van der Waals surface area contributed by atoms with Gasteiger partial charge in [-0.25, -0.2) is 10.2 Å². The highest BCUT2D eigenvalue weighted by Gasteiger charge is 2.37. The van der Waals surface area contributed by atoms with E-state index in [2.05, 4.69) is 10.2 Å². The molecule has 0 spiro atoms. The van der Waals surface area contributed by atoms with Gasteiger partial charge in [-0.3, -0.25) is 9.59 Å². The summed E-state index contributed by atoms with van der Waals surface area (Å²) in [5.41, 5.74) is 2.27. The third-order valence-electron chi connectivity index (χ3n) is 2.11. The second-order valence-electron chi connectivity index (χ2n) is 3.22. The summed E-state index contributed by atoms with van der Waals surface area (Å²) >= 11 is 0.950. The zero-order valence-corrected chi connectivity index (χ0v) is 12.0. The number of nitrogens with zero attached hydrogens (tertiary/aromatic N) is 1. The number of methoxy groups -OCH3 is 1. The summed E-state index contributed by atoms with van der Waals surface area (Å²) in [6.45, 7) is 1.74. The highest BCUT2D eigenvalue weighted by Crippen LogP contribution is 2.15. The Kier molecular flexibility index (Phi) is 8.12. The molecule has 0 saturated heterocycles. The van der Waals surface area contributed by atoms with Crippen LogP contribution in [-0.2, 0) is 19.1 Å². The van der Waals surface area contributed by atoms with Crippen molar-refractivity contribution in [1.29, 1.82) is 0 Å². The number of imide groups is 1. The van der Waals surface area contributed by atoms with E-state index in [1.165, 1.54) is 7.05 Å². The molecule has 0 aromatic carbocycles. The Bertz CT molecular complexity index is 338. The van der Waals surface area contributed by atoms with Gasteiger partial charge < -0.3 is 14.6 Å². The Morgan fingerprint density at radius 2 is 2.00 bits per heavy atom. The van der Waals surface area contributed by atoms with Gasteiger partial charge in [0.15, 0.2) is 6.10 Å². The number of ether oxygens (including phenoxy) is 2. The Morgan fingerprint density at radius 3 is 2.37 bits per heavy atom. The molecule has 8 nitrogen and oxygen atoms in total.